The van der Waals surface area contributed by atoms with Crippen LogP contribution >= 0.6 is 0 Å². The van der Waals surface area contributed by atoms with Crippen LogP contribution < -0.4 is 0 Å². The molecule has 0 radical (unpaired) electrons. The minimum absolute atomic E-state index is 0.181. The molecule has 2 atom stereocenters. The molecule has 0 bridgehead atoms. The monoisotopic (exact) mass is 303 g/mol. The van der Waals surface area contributed by atoms with Crippen molar-refractivity contribution in [3.63, 3.8) is 0 Å². The predicted molar refractivity (Wildman–Crippen MR) is 76.8 cm³/mol. The Balaban J connectivity index is 2.29. The number of rotatable bonds is 5. The van der Waals surface area contributed by atoms with Crippen molar-refractivity contribution in [1.29, 1.82) is 0 Å². The molecule has 1 aliphatic rings. The predicted octanol–water partition coefficient (Wildman–Crippen LogP) is 1.05. The average molecular weight is 303 g/mol. The number of carbonyl (C=O) groups is 4. The zero-order chi connectivity index (χ0) is 16.3. The van der Waals surface area contributed by atoms with Gasteiger partial charge in [0.05, 0.1) is 18.9 Å². The molecule has 22 heavy (non-hydrogen) atoms. The molecule has 6 heteroatoms. The fraction of sp³-hybridized carbons (Fsp3) is 0.375. The number of ether oxygens (including phenoxy) is 1. The number of esters is 1. The molecule has 1 aliphatic heterocycles. The molecule has 1 aromatic carbocycles. The molecular formula is C16H17NO5. The van der Waals surface area contributed by atoms with Crippen LogP contribution in [0.5, 0.6) is 0 Å². The number of nitrogens with zero attached hydrogens (tertiary/aromatic N) is 1. The van der Waals surface area contributed by atoms with Crippen LogP contribution in [0.4, 0.5) is 0 Å². The lowest BCUT2D eigenvalue weighted by Gasteiger charge is -2.13. The van der Waals surface area contributed by atoms with Crippen molar-refractivity contribution in [2.75, 3.05) is 13.7 Å². The van der Waals surface area contributed by atoms with E-state index in [1.807, 2.05) is 0 Å². The van der Waals surface area contributed by atoms with E-state index >= 15 is 0 Å². The summed E-state index contributed by atoms with van der Waals surface area (Å²) in [6.45, 7) is 1.83. The number of imide groups is 1. The van der Waals surface area contributed by atoms with Gasteiger partial charge < -0.3 is 4.74 Å². The first-order valence-electron chi connectivity index (χ1n) is 7.03. The molecule has 2 amide bonds. The van der Waals surface area contributed by atoms with Gasteiger partial charge in [-0.05, 0) is 6.92 Å². The molecule has 0 saturated carbocycles. The smallest absolute Gasteiger partial charge is 0.306 e. The molecule has 0 aromatic heterocycles. The molecule has 1 aromatic rings. The number of carbonyl (C=O) groups excluding carboxylic acids is 4. The van der Waals surface area contributed by atoms with Crippen molar-refractivity contribution in [3.05, 3.63) is 35.9 Å². The highest BCUT2D eigenvalue weighted by molar-refractivity contribution is 6.19. The Kier molecular flexibility index (Phi) is 4.70. The molecule has 0 aliphatic carbocycles. The quantitative estimate of drug-likeness (QED) is 0.351. The topological polar surface area (TPSA) is 80.8 Å². The molecular weight excluding hydrogens is 286 g/mol. The number of ketones is 1. The summed E-state index contributed by atoms with van der Waals surface area (Å²) in [6.07, 6.45) is -0.272. The molecule has 2 unspecified atom stereocenters. The van der Waals surface area contributed by atoms with Gasteiger partial charge >= 0.3 is 5.97 Å². The van der Waals surface area contributed by atoms with Gasteiger partial charge in [-0.25, -0.2) is 0 Å². The van der Waals surface area contributed by atoms with E-state index in [9.17, 15) is 19.2 Å². The molecule has 6 nitrogen and oxygen atoms in total. The number of Topliss-reactive ketones (excluding diaryl/α,β-unsaturated/α-hetero) is 1. The zero-order valence-electron chi connectivity index (χ0n) is 12.4. The van der Waals surface area contributed by atoms with Crippen LogP contribution in [0.25, 0.3) is 0 Å². The molecule has 0 spiro atoms. The first-order chi connectivity index (χ1) is 10.5. The Morgan fingerprint density at radius 3 is 2.36 bits per heavy atom. The Morgan fingerprint density at radius 1 is 1.14 bits per heavy atom. The molecule has 1 heterocycles. The van der Waals surface area contributed by atoms with Crippen LogP contribution in [0.3, 0.4) is 0 Å². The summed E-state index contributed by atoms with van der Waals surface area (Å²) in [4.78, 5) is 49.5. The maximum absolute atomic E-state index is 12.5. The zero-order valence-corrected chi connectivity index (χ0v) is 12.4. The van der Waals surface area contributed by atoms with Gasteiger partial charge in [0.25, 0.3) is 0 Å². The number of benzene rings is 1. The third kappa shape index (κ3) is 2.90. The summed E-state index contributed by atoms with van der Waals surface area (Å²) in [7, 11) is 1.32. The van der Waals surface area contributed by atoms with Crippen molar-refractivity contribution < 1.29 is 23.9 Å². The third-order valence-electron chi connectivity index (χ3n) is 3.68. The summed E-state index contributed by atoms with van der Waals surface area (Å²) in [5, 5.41) is 0. The number of hydrogen-bond acceptors (Lipinski definition) is 5. The van der Waals surface area contributed by atoms with Gasteiger partial charge in [0.15, 0.2) is 5.78 Å². The SMILES string of the molecule is CCOC(=O)CC1C(=O)N(C)C(=O)C1C(=O)c1ccccc1. The number of hydrogen-bond donors (Lipinski definition) is 0. The van der Waals surface area contributed by atoms with Crippen molar-refractivity contribution >= 4 is 23.6 Å². The molecule has 1 saturated heterocycles. The van der Waals surface area contributed by atoms with Crippen molar-refractivity contribution in [3.8, 4) is 0 Å². The summed E-state index contributed by atoms with van der Waals surface area (Å²) >= 11 is 0. The Bertz CT molecular complexity index is 610. The van der Waals surface area contributed by atoms with Crippen molar-refractivity contribution in [2.24, 2.45) is 11.8 Å². The van der Waals surface area contributed by atoms with Crippen LogP contribution in [-0.2, 0) is 19.1 Å². The molecule has 1 fully saturated rings. The number of likely N-dealkylation sites (tertiary alicyclic amines) is 1. The average Bonchev–Trinajstić information content (AvgIpc) is 2.72. The van der Waals surface area contributed by atoms with E-state index in [0.717, 1.165) is 4.90 Å². The van der Waals surface area contributed by atoms with Crippen LogP contribution in [0, 0.1) is 11.8 Å². The van der Waals surface area contributed by atoms with Gasteiger partial charge in [-0.1, -0.05) is 30.3 Å². The summed E-state index contributed by atoms with van der Waals surface area (Å²) in [6, 6.07) is 8.28. The highest BCUT2D eigenvalue weighted by atomic mass is 16.5. The van der Waals surface area contributed by atoms with E-state index in [0.29, 0.717) is 5.56 Å². The first-order valence-corrected chi connectivity index (χ1v) is 7.03. The van der Waals surface area contributed by atoms with E-state index < -0.39 is 35.4 Å². The summed E-state index contributed by atoms with van der Waals surface area (Å²) in [5.41, 5.74) is 0.345. The second kappa shape index (κ2) is 6.51. The normalized spacial score (nSPS) is 21.1. The fourth-order valence-electron chi connectivity index (χ4n) is 2.56. The van der Waals surface area contributed by atoms with E-state index in [-0.39, 0.29) is 13.0 Å². The van der Waals surface area contributed by atoms with Gasteiger partial charge in [-0.3, -0.25) is 24.1 Å². The van der Waals surface area contributed by atoms with Crippen LogP contribution in [0.1, 0.15) is 23.7 Å². The van der Waals surface area contributed by atoms with E-state index in [1.54, 1.807) is 37.3 Å². The lowest BCUT2D eigenvalue weighted by Crippen LogP contribution is -2.29. The fourth-order valence-corrected chi connectivity index (χ4v) is 2.56. The van der Waals surface area contributed by atoms with Gasteiger partial charge in [0, 0.05) is 12.6 Å². The van der Waals surface area contributed by atoms with Gasteiger partial charge in [-0.2, -0.15) is 0 Å². The van der Waals surface area contributed by atoms with Gasteiger partial charge in [0.1, 0.15) is 5.92 Å². The number of amides is 2. The standard InChI is InChI=1S/C16H17NO5/c1-3-22-12(18)9-11-13(16(21)17(2)15(11)20)14(19)10-7-5-4-6-8-10/h4-8,11,13H,3,9H2,1-2H3. The minimum atomic E-state index is -1.16. The van der Waals surface area contributed by atoms with Crippen molar-refractivity contribution in [2.45, 2.75) is 13.3 Å². The second-order valence-electron chi connectivity index (χ2n) is 5.06. The first kappa shape index (κ1) is 15.9. The third-order valence-corrected chi connectivity index (χ3v) is 3.68. The van der Waals surface area contributed by atoms with E-state index in [2.05, 4.69) is 0 Å². The van der Waals surface area contributed by atoms with Gasteiger partial charge in [0.2, 0.25) is 11.8 Å². The Hall–Kier alpha value is -2.50. The van der Waals surface area contributed by atoms with Crippen molar-refractivity contribution in [1.82, 2.24) is 4.90 Å². The molecule has 2 rings (SSSR count). The lowest BCUT2D eigenvalue weighted by atomic mass is 9.85. The molecule has 116 valence electrons. The van der Waals surface area contributed by atoms with Crippen LogP contribution in [0.2, 0.25) is 0 Å². The maximum Gasteiger partial charge on any atom is 0.306 e. The Morgan fingerprint density at radius 2 is 1.77 bits per heavy atom. The van der Waals surface area contributed by atoms with E-state index in [1.165, 1.54) is 7.05 Å². The summed E-state index contributed by atoms with van der Waals surface area (Å²) < 4.78 is 4.82. The molecule has 0 N–H and O–H groups in total. The lowest BCUT2D eigenvalue weighted by molar-refractivity contribution is -0.147. The van der Waals surface area contributed by atoms with Crippen LogP contribution in [0.15, 0.2) is 30.3 Å². The Labute approximate surface area is 128 Å². The largest absolute Gasteiger partial charge is 0.466 e. The van der Waals surface area contributed by atoms with Crippen LogP contribution in [-0.4, -0.2) is 42.1 Å². The maximum atomic E-state index is 12.5. The van der Waals surface area contributed by atoms with Gasteiger partial charge in [-0.15, -0.1) is 0 Å². The highest BCUT2D eigenvalue weighted by Crippen LogP contribution is 2.31. The van der Waals surface area contributed by atoms with E-state index in [4.69, 9.17) is 4.74 Å². The second-order valence-corrected chi connectivity index (χ2v) is 5.06. The highest BCUT2D eigenvalue weighted by Gasteiger charge is 2.50. The summed E-state index contributed by atoms with van der Waals surface area (Å²) in [5.74, 6) is -4.29. The minimum Gasteiger partial charge on any atom is -0.466 e.